The summed E-state index contributed by atoms with van der Waals surface area (Å²) in [5.41, 5.74) is 2.89. The van der Waals surface area contributed by atoms with Gasteiger partial charge in [-0.05, 0) is 75.8 Å². The lowest BCUT2D eigenvalue weighted by Gasteiger charge is -2.60. The molecule has 0 radical (unpaired) electrons. The predicted molar refractivity (Wildman–Crippen MR) is 107 cm³/mol. The van der Waals surface area contributed by atoms with Crippen LogP contribution < -0.4 is 0 Å². The van der Waals surface area contributed by atoms with E-state index in [1.54, 1.807) is 0 Å². The average molecular weight is 373 g/mol. The van der Waals surface area contributed by atoms with Gasteiger partial charge in [-0.15, -0.1) is 0 Å². The van der Waals surface area contributed by atoms with Crippen LogP contribution in [0.3, 0.4) is 0 Å². The normalized spacial score (nSPS) is 28.6. The minimum Gasteiger partial charge on any atom is -0.381 e. The SMILES string of the molecule is Cc1cc(CN2CC3(C[C@@H](COCC4CC4)CCN3CC3CC3)C2)n(C)n1. The van der Waals surface area contributed by atoms with E-state index in [2.05, 4.69) is 39.6 Å². The molecule has 5 nitrogen and oxygen atoms in total. The Hall–Kier alpha value is -0.910. The number of hydrogen-bond acceptors (Lipinski definition) is 4. The van der Waals surface area contributed by atoms with E-state index in [1.165, 1.54) is 70.4 Å². The van der Waals surface area contributed by atoms with Crippen LogP contribution in [0.25, 0.3) is 0 Å². The maximum absolute atomic E-state index is 6.08. The Morgan fingerprint density at radius 1 is 1.07 bits per heavy atom. The molecule has 1 atom stereocenters. The van der Waals surface area contributed by atoms with Crippen molar-refractivity contribution in [3.63, 3.8) is 0 Å². The molecule has 0 aromatic carbocycles. The summed E-state index contributed by atoms with van der Waals surface area (Å²) in [5, 5.41) is 4.52. The maximum atomic E-state index is 6.08. The van der Waals surface area contributed by atoms with Crippen LogP contribution in [0, 0.1) is 24.7 Å². The number of ether oxygens (including phenoxy) is 1. The van der Waals surface area contributed by atoms with E-state index in [0.29, 0.717) is 5.54 Å². The van der Waals surface area contributed by atoms with Crippen LogP contribution in [0.15, 0.2) is 6.07 Å². The second-order valence-electron chi connectivity index (χ2n) is 10.00. The first-order valence-electron chi connectivity index (χ1n) is 11.1. The summed E-state index contributed by atoms with van der Waals surface area (Å²) in [6.45, 7) is 10.2. The lowest BCUT2D eigenvalue weighted by molar-refractivity contribution is -0.107. The third-order valence-corrected chi connectivity index (χ3v) is 7.25. The molecule has 1 spiro atoms. The summed E-state index contributed by atoms with van der Waals surface area (Å²) in [5.74, 6) is 2.63. The van der Waals surface area contributed by atoms with Gasteiger partial charge >= 0.3 is 0 Å². The topological polar surface area (TPSA) is 33.5 Å². The van der Waals surface area contributed by atoms with E-state index in [1.807, 2.05) is 0 Å². The lowest BCUT2D eigenvalue weighted by atomic mass is 9.75. The van der Waals surface area contributed by atoms with Gasteiger partial charge in [0.25, 0.3) is 0 Å². The third-order valence-electron chi connectivity index (χ3n) is 7.25. The highest BCUT2D eigenvalue weighted by molar-refractivity contribution is 5.13. The number of likely N-dealkylation sites (tertiary alicyclic amines) is 2. The second-order valence-corrected chi connectivity index (χ2v) is 10.00. The van der Waals surface area contributed by atoms with Crippen molar-refractivity contribution >= 4 is 0 Å². The van der Waals surface area contributed by atoms with Crippen LogP contribution in [0.2, 0.25) is 0 Å². The summed E-state index contributed by atoms with van der Waals surface area (Å²) < 4.78 is 8.14. The summed E-state index contributed by atoms with van der Waals surface area (Å²) >= 11 is 0. The summed E-state index contributed by atoms with van der Waals surface area (Å²) in [6, 6.07) is 2.24. The molecule has 2 aliphatic heterocycles. The van der Waals surface area contributed by atoms with Gasteiger partial charge in [0.15, 0.2) is 0 Å². The van der Waals surface area contributed by atoms with Gasteiger partial charge in [-0.1, -0.05) is 0 Å². The van der Waals surface area contributed by atoms with E-state index in [9.17, 15) is 0 Å². The fourth-order valence-corrected chi connectivity index (χ4v) is 5.34. The van der Waals surface area contributed by atoms with Crippen molar-refractivity contribution in [2.24, 2.45) is 24.8 Å². The van der Waals surface area contributed by atoms with E-state index >= 15 is 0 Å². The lowest BCUT2D eigenvalue weighted by Crippen LogP contribution is -2.72. The van der Waals surface area contributed by atoms with Gasteiger partial charge in [0, 0.05) is 52.0 Å². The van der Waals surface area contributed by atoms with Gasteiger partial charge < -0.3 is 4.74 Å². The molecule has 2 saturated carbocycles. The average Bonchev–Trinajstić information content (AvgIpc) is 3.50. The van der Waals surface area contributed by atoms with Gasteiger partial charge in [0.2, 0.25) is 0 Å². The Kier molecular flexibility index (Phi) is 4.81. The Morgan fingerprint density at radius 3 is 2.48 bits per heavy atom. The molecule has 2 aliphatic carbocycles. The molecule has 5 heteroatoms. The molecule has 4 aliphatic rings. The third kappa shape index (κ3) is 4.10. The number of aryl methyl sites for hydroxylation is 2. The first-order chi connectivity index (χ1) is 13.1. The van der Waals surface area contributed by atoms with Crippen molar-refractivity contribution in [3.8, 4) is 0 Å². The highest BCUT2D eigenvalue weighted by atomic mass is 16.5. The number of aromatic nitrogens is 2. The van der Waals surface area contributed by atoms with E-state index in [4.69, 9.17) is 4.74 Å². The molecule has 150 valence electrons. The molecule has 0 amide bonds. The summed E-state index contributed by atoms with van der Waals surface area (Å²) in [6.07, 6.45) is 8.38. The zero-order valence-electron chi connectivity index (χ0n) is 17.2. The molecule has 1 aromatic heterocycles. The molecular weight excluding hydrogens is 336 g/mol. The summed E-state index contributed by atoms with van der Waals surface area (Å²) in [4.78, 5) is 5.50. The molecule has 3 heterocycles. The number of nitrogens with zero attached hydrogens (tertiary/aromatic N) is 4. The standard InChI is InChI=1S/C22H36N4O/c1-17-9-21(24(2)23-17)12-25-15-22(16-25)10-20(14-27-13-19-5-6-19)7-8-26(22)11-18-3-4-18/h9,18-20H,3-8,10-16H2,1-2H3/t20-/m0/s1. The van der Waals surface area contributed by atoms with Crippen LogP contribution in [-0.2, 0) is 18.3 Å². The fraction of sp³-hybridized carbons (Fsp3) is 0.864. The van der Waals surface area contributed by atoms with Crippen molar-refractivity contribution in [1.82, 2.24) is 19.6 Å². The smallest absolute Gasteiger partial charge is 0.0597 e. The van der Waals surface area contributed by atoms with Crippen LogP contribution in [-0.4, -0.2) is 64.5 Å². The molecule has 4 fully saturated rings. The number of rotatable bonds is 8. The molecule has 5 rings (SSSR count). The van der Waals surface area contributed by atoms with Crippen LogP contribution in [0.1, 0.15) is 49.9 Å². The first-order valence-corrected chi connectivity index (χ1v) is 11.1. The van der Waals surface area contributed by atoms with Crippen molar-refractivity contribution < 1.29 is 4.74 Å². The summed E-state index contributed by atoms with van der Waals surface area (Å²) in [7, 11) is 2.07. The van der Waals surface area contributed by atoms with E-state index < -0.39 is 0 Å². The highest BCUT2D eigenvalue weighted by Crippen LogP contribution is 2.42. The zero-order chi connectivity index (χ0) is 18.4. The second kappa shape index (κ2) is 7.16. The Bertz CT molecular complexity index is 657. The van der Waals surface area contributed by atoms with Crippen LogP contribution in [0.4, 0.5) is 0 Å². The monoisotopic (exact) mass is 372 g/mol. The molecule has 2 saturated heterocycles. The van der Waals surface area contributed by atoms with E-state index in [-0.39, 0.29) is 0 Å². The number of piperidine rings is 1. The first kappa shape index (κ1) is 18.1. The quantitative estimate of drug-likeness (QED) is 0.703. The minimum absolute atomic E-state index is 0.419. The molecule has 0 bridgehead atoms. The Labute approximate surface area is 164 Å². The molecule has 0 unspecified atom stereocenters. The Morgan fingerprint density at radius 2 is 1.81 bits per heavy atom. The van der Waals surface area contributed by atoms with Crippen molar-refractivity contribution in [3.05, 3.63) is 17.5 Å². The molecular formula is C22H36N4O. The largest absolute Gasteiger partial charge is 0.381 e. The van der Waals surface area contributed by atoms with Gasteiger partial charge in [0.05, 0.1) is 11.4 Å². The predicted octanol–water partition coefficient (Wildman–Crippen LogP) is 2.83. The zero-order valence-corrected chi connectivity index (χ0v) is 17.2. The van der Waals surface area contributed by atoms with Gasteiger partial charge in [-0.3, -0.25) is 14.5 Å². The van der Waals surface area contributed by atoms with Crippen molar-refractivity contribution in [2.75, 3.05) is 39.4 Å². The van der Waals surface area contributed by atoms with Crippen molar-refractivity contribution in [2.45, 2.75) is 57.5 Å². The van der Waals surface area contributed by atoms with Gasteiger partial charge in [0.1, 0.15) is 0 Å². The van der Waals surface area contributed by atoms with Crippen LogP contribution >= 0.6 is 0 Å². The fourth-order valence-electron chi connectivity index (χ4n) is 5.34. The van der Waals surface area contributed by atoms with Crippen LogP contribution in [0.5, 0.6) is 0 Å². The van der Waals surface area contributed by atoms with E-state index in [0.717, 1.165) is 43.2 Å². The molecule has 0 N–H and O–H groups in total. The number of hydrogen-bond donors (Lipinski definition) is 0. The maximum Gasteiger partial charge on any atom is 0.0597 e. The van der Waals surface area contributed by atoms with Gasteiger partial charge in [-0.2, -0.15) is 5.10 Å². The minimum atomic E-state index is 0.419. The van der Waals surface area contributed by atoms with Gasteiger partial charge in [-0.25, -0.2) is 0 Å². The highest BCUT2D eigenvalue weighted by Gasteiger charge is 2.51. The molecule has 1 aromatic rings. The Balaban J connectivity index is 1.19. The molecule has 27 heavy (non-hydrogen) atoms. The van der Waals surface area contributed by atoms with Crippen molar-refractivity contribution in [1.29, 1.82) is 0 Å².